The van der Waals surface area contributed by atoms with E-state index in [0.29, 0.717) is 25.0 Å². The Morgan fingerprint density at radius 3 is 2.24 bits per heavy atom. The highest BCUT2D eigenvalue weighted by atomic mass is 28.4. The van der Waals surface area contributed by atoms with E-state index in [1.807, 2.05) is 30.3 Å². The Bertz CT molecular complexity index is 540. The highest BCUT2D eigenvalue weighted by Crippen LogP contribution is 2.40. The monoisotopic (exact) mass is 362 g/mol. The van der Waals surface area contributed by atoms with E-state index in [1.165, 1.54) is 0 Å². The molecule has 1 aliphatic carbocycles. The first-order chi connectivity index (χ1) is 11.7. The van der Waals surface area contributed by atoms with Crippen molar-refractivity contribution in [3.05, 3.63) is 35.9 Å². The summed E-state index contributed by atoms with van der Waals surface area (Å²) in [5.41, 5.74) is 1.04. The van der Waals surface area contributed by atoms with Crippen LogP contribution in [-0.2, 0) is 20.6 Å². The zero-order chi connectivity index (χ0) is 18.5. The molecule has 4 heteroatoms. The van der Waals surface area contributed by atoms with Crippen molar-refractivity contribution in [2.75, 3.05) is 0 Å². The highest BCUT2D eigenvalue weighted by Gasteiger charge is 2.39. The maximum atomic E-state index is 12.1. The van der Waals surface area contributed by atoms with Crippen LogP contribution in [-0.4, -0.2) is 20.4 Å². The van der Waals surface area contributed by atoms with E-state index in [-0.39, 0.29) is 11.0 Å². The fourth-order valence-electron chi connectivity index (χ4n) is 3.08. The number of esters is 1. The van der Waals surface area contributed by atoms with Gasteiger partial charge in [0.2, 0.25) is 0 Å². The molecule has 0 atom stereocenters. The van der Waals surface area contributed by atoms with Crippen LogP contribution in [0.5, 0.6) is 0 Å². The Morgan fingerprint density at radius 2 is 1.68 bits per heavy atom. The molecule has 3 nitrogen and oxygen atoms in total. The van der Waals surface area contributed by atoms with Crippen LogP contribution in [0.1, 0.15) is 58.4 Å². The summed E-state index contributed by atoms with van der Waals surface area (Å²) in [5, 5.41) is 0.255. The van der Waals surface area contributed by atoms with Crippen LogP contribution in [0.4, 0.5) is 0 Å². The number of rotatable bonds is 6. The van der Waals surface area contributed by atoms with Gasteiger partial charge in [-0.2, -0.15) is 0 Å². The molecular formula is C21H34O3Si. The van der Waals surface area contributed by atoms with Crippen LogP contribution in [0.2, 0.25) is 18.1 Å². The largest absolute Gasteiger partial charge is 0.461 e. The Hall–Kier alpha value is -1.13. The Morgan fingerprint density at radius 1 is 1.08 bits per heavy atom. The third-order valence-electron chi connectivity index (χ3n) is 5.76. The molecule has 140 valence electrons. The van der Waals surface area contributed by atoms with Crippen molar-refractivity contribution in [1.82, 2.24) is 0 Å². The predicted molar refractivity (Wildman–Crippen MR) is 105 cm³/mol. The van der Waals surface area contributed by atoms with Crippen LogP contribution < -0.4 is 0 Å². The topological polar surface area (TPSA) is 35.5 Å². The van der Waals surface area contributed by atoms with Gasteiger partial charge in [0.05, 0.1) is 0 Å². The van der Waals surface area contributed by atoms with Gasteiger partial charge in [-0.1, -0.05) is 51.1 Å². The first-order valence-corrected chi connectivity index (χ1v) is 12.5. The highest BCUT2D eigenvalue weighted by molar-refractivity contribution is 6.74. The van der Waals surface area contributed by atoms with Gasteiger partial charge >= 0.3 is 5.97 Å². The average molecular weight is 363 g/mol. The molecular weight excluding hydrogens is 328 g/mol. The maximum Gasteiger partial charge on any atom is 0.306 e. The third-order valence-corrected chi connectivity index (χ3v) is 10.3. The minimum atomic E-state index is -1.69. The molecule has 1 aromatic rings. The van der Waals surface area contributed by atoms with Crippen molar-refractivity contribution in [2.24, 2.45) is 5.92 Å². The second-order valence-electron chi connectivity index (χ2n) is 8.87. The molecule has 0 bridgehead atoms. The normalized spacial score (nSPS) is 21.8. The molecule has 0 spiro atoms. The quantitative estimate of drug-likeness (QED) is 0.481. The summed E-state index contributed by atoms with van der Waals surface area (Å²) in [6, 6.07) is 9.86. The summed E-state index contributed by atoms with van der Waals surface area (Å²) in [6.07, 6.45) is 5.20. The lowest BCUT2D eigenvalue weighted by molar-refractivity contribution is -0.146. The molecule has 2 rings (SSSR count). The molecule has 1 fully saturated rings. The molecule has 0 unspecified atom stereocenters. The fourth-order valence-corrected chi connectivity index (χ4v) is 4.50. The summed E-state index contributed by atoms with van der Waals surface area (Å²) in [4.78, 5) is 12.1. The van der Waals surface area contributed by atoms with Gasteiger partial charge in [-0.3, -0.25) is 4.79 Å². The number of carbonyl (C=O) groups is 1. The fraction of sp³-hybridized carbons (Fsp3) is 0.667. The summed E-state index contributed by atoms with van der Waals surface area (Å²) in [5.74, 6) is 0.375. The van der Waals surface area contributed by atoms with Crippen LogP contribution >= 0.6 is 0 Å². The molecule has 25 heavy (non-hydrogen) atoms. The van der Waals surface area contributed by atoms with Crippen molar-refractivity contribution < 1.29 is 14.0 Å². The first kappa shape index (κ1) is 20.2. The van der Waals surface area contributed by atoms with Crippen LogP contribution in [0, 0.1) is 5.92 Å². The van der Waals surface area contributed by atoms with E-state index >= 15 is 0 Å². The van der Waals surface area contributed by atoms with Crippen molar-refractivity contribution >= 4 is 14.3 Å². The maximum absolute atomic E-state index is 12.1. The Kier molecular flexibility index (Phi) is 6.86. The van der Waals surface area contributed by atoms with Gasteiger partial charge in [-0.25, -0.2) is 0 Å². The molecule has 1 saturated carbocycles. The third kappa shape index (κ3) is 6.26. The lowest BCUT2D eigenvalue weighted by atomic mass is 9.85. The molecule has 0 aromatic heterocycles. The first-order valence-electron chi connectivity index (χ1n) is 9.55. The Labute approximate surface area is 154 Å². The van der Waals surface area contributed by atoms with Gasteiger partial charge in [-0.05, 0) is 55.3 Å². The smallest absolute Gasteiger partial charge is 0.306 e. The molecule has 1 aromatic carbocycles. The summed E-state index contributed by atoms with van der Waals surface area (Å²) in [6.45, 7) is 11.9. The van der Waals surface area contributed by atoms with Crippen molar-refractivity contribution in [3.8, 4) is 0 Å². The van der Waals surface area contributed by atoms with Gasteiger partial charge in [0, 0.05) is 12.5 Å². The predicted octanol–water partition coefficient (Wildman–Crippen LogP) is 5.70. The van der Waals surface area contributed by atoms with Crippen molar-refractivity contribution in [1.29, 1.82) is 0 Å². The number of benzene rings is 1. The van der Waals surface area contributed by atoms with Gasteiger partial charge in [0.25, 0.3) is 0 Å². The van der Waals surface area contributed by atoms with Gasteiger partial charge in [-0.15, -0.1) is 0 Å². The van der Waals surface area contributed by atoms with Crippen molar-refractivity contribution in [2.45, 2.75) is 83.7 Å². The summed E-state index contributed by atoms with van der Waals surface area (Å²) >= 11 is 0. The second-order valence-corrected chi connectivity index (χ2v) is 13.6. The number of hydrogen-bond acceptors (Lipinski definition) is 3. The number of ether oxygens (including phenoxy) is 1. The molecule has 0 aliphatic heterocycles. The Balaban J connectivity index is 1.70. The number of carbonyl (C=O) groups excluding carboxylic acids is 1. The molecule has 0 radical (unpaired) electrons. The standard InChI is InChI=1S/C21H34O3Si/c1-21(2,3)25(4,5)24-19-13-11-17(12-14-19)15-20(22)23-16-18-9-7-6-8-10-18/h6-10,17,19H,11-16H2,1-5H3. The molecule has 0 N–H and O–H groups in total. The van der Waals surface area contributed by atoms with Crippen molar-refractivity contribution in [3.63, 3.8) is 0 Å². The molecule has 0 amide bonds. The lowest BCUT2D eigenvalue weighted by Gasteiger charge is -2.41. The van der Waals surface area contributed by atoms with Gasteiger partial charge < -0.3 is 9.16 Å². The van der Waals surface area contributed by atoms with E-state index < -0.39 is 8.32 Å². The van der Waals surface area contributed by atoms with E-state index in [9.17, 15) is 4.79 Å². The molecule has 0 saturated heterocycles. The minimum Gasteiger partial charge on any atom is -0.461 e. The summed E-state index contributed by atoms with van der Waals surface area (Å²) < 4.78 is 11.9. The SMILES string of the molecule is CC(C)(C)[Si](C)(C)OC1CCC(CC(=O)OCc2ccccc2)CC1. The van der Waals surface area contributed by atoms with E-state index in [4.69, 9.17) is 9.16 Å². The second kappa shape index (κ2) is 8.50. The average Bonchev–Trinajstić information content (AvgIpc) is 2.54. The van der Waals surface area contributed by atoms with Gasteiger partial charge in [0.15, 0.2) is 8.32 Å². The lowest BCUT2D eigenvalue weighted by Crippen LogP contribution is -2.44. The summed E-state index contributed by atoms with van der Waals surface area (Å²) in [7, 11) is -1.69. The van der Waals surface area contributed by atoms with Crippen LogP contribution in [0.3, 0.4) is 0 Å². The zero-order valence-electron chi connectivity index (χ0n) is 16.5. The zero-order valence-corrected chi connectivity index (χ0v) is 17.5. The van der Waals surface area contributed by atoms with E-state index in [0.717, 1.165) is 31.2 Å². The van der Waals surface area contributed by atoms with E-state index in [2.05, 4.69) is 33.9 Å². The molecule has 1 aliphatic rings. The van der Waals surface area contributed by atoms with Crippen LogP contribution in [0.15, 0.2) is 30.3 Å². The molecule has 0 heterocycles. The van der Waals surface area contributed by atoms with Crippen LogP contribution in [0.25, 0.3) is 0 Å². The van der Waals surface area contributed by atoms with E-state index in [1.54, 1.807) is 0 Å². The van der Waals surface area contributed by atoms with Gasteiger partial charge in [0.1, 0.15) is 6.61 Å². The minimum absolute atomic E-state index is 0.0717. The number of hydrogen-bond donors (Lipinski definition) is 0.